The first-order valence-corrected chi connectivity index (χ1v) is 7.62. The van der Waals surface area contributed by atoms with Crippen LogP contribution in [0.3, 0.4) is 0 Å². The van der Waals surface area contributed by atoms with Crippen LogP contribution in [-0.4, -0.2) is 49.0 Å². The van der Waals surface area contributed by atoms with Gasteiger partial charge in [-0.05, 0) is 24.0 Å². The van der Waals surface area contributed by atoms with Crippen LogP contribution in [0, 0.1) is 0 Å². The average Bonchev–Trinajstić information content (AvgIpc) is 2.46. The van der Waals surface area contributed by atoms with Gasteiger partial charge in [0.1, 0.15) is 5.75 Å². The predicted octanol–water partition coefficient (Wildman–Crippen LogP) is 2.03. The van der Waals surface area contributed by atoms with Gasteiger partial charge in [-0.2, -0.15) is 0 Å². The number of carbonyl (C=O) groups is 2. The summed E-state index contributed by atoms with van der Waals surface area (Å²) in [5, 5.41) is 11.1. The molecule has 0 radical (unpaired) electrons. The van der Waals surface area contributed by atoms with E-state index in [1.54, 1.807) is 25.9 Å². The van der Waals surface area contributed by atoms with E-state index in [9.17, 15) is 9.59 Å². The molecule has 2 N–H and O–H groups in total. The van der Waals surface area contributed by atoms with Crippen molar-refractivity contribution in [1.82, 2.24) is 10.2 Å². The Balaban J connectivity index is 2.59. The van der Waals surface area contributed by atoms with E-state index in [-0.39, 0.29) is 19.0 Å². The van der Waals surface area contributed by atoms with Crippen molar-refractivity contribution in [3.05, 3.63) is 23.8 Å². The highest BCUT2D eigenvalue weighted by molar-refractivity contribution is 7.98. The maximum absolute atomic E-state index is 11.8. The minimum absolute atomic E-state index is 0.0875. The van der Waals surface area contributed by atoms with Crippen LogP contribution in [0.15, 0.2) is 23.1 Å². The molecule has 0 heterocycles. The normalized spacial score (nSPS) is 10.0. The zero-order valence-electron chi connectivity index (χ0n) is 12.4. The number of benzene rings is 1. The molecule has 0 atom stereocenters. The number of carbonyl (C=O) groups excluding carboxylic acids is 1. The Morgan fingerprint density at radius 3 is 2.71 bits per heavy atom. The topological polar surface area (TPSA) is 78.9 Å². The molecule has 7 heteroatoms. The van der Waals surface area contributed by atoms with E-state index >= 15 is 0 Å². The third-order valence-corrected chi connectivity index (χ3v) is 3.61. The van der Waals surface area contributed by atoms with E-state index in [4.69, 9.17) is 9.84 Å². The number of rotatable bonds is 7. The quantitative estimate of drug-likeness (QED) is 0.753. The lowest BCUT2D eigenvalue weighted by atomic mass is 10.2. The molecule has 0 aliphatic rings. The first-order valence-electron chi connectivity index (χ1n) is 6.39. The van der Waals surface area contributed by atoms with E-state index in [1.165, 1.54) is 4.90 Å². The summed E-state index contributed by atoms with van der Waals surface area (Å²) in [5.41, 5.74) is 0.945. The summed E-state index contributed by atoms with van der Waals surface area (Å²) in [5.74, 6) is -0.157. The lowest BCUT2D eigenvalue weighted by molar-refractivity contribution is -0.136. The standard InChI is InChI=1S/C14H20N2O4S/c1-16(14(19)15-7-6-13(17)18)9-10-4-5-12(21-3)11(8-10)20-2/h4-5,8H,6-7,9H2,1-3H3,(H,15,19)(H,17,18). The van der Waals surface area contributed by atoms with Crippen LogP contribution in [-0.2, 0) is 11.3 Å². The molecular weight excluding hydrogens is 292 g/mol. The highest BCUT2D eigenvalue weighted by atomic mass is 32.2. The minimum atomic E-state index is -0.935. The number of hydrogen-bond acceptors (Lipinski definition) is 4. The highest BCUT2D eigenvalue weighted by Crippen LogP contribution is 2.28. The Kier molecular flexibility index (Phi) is 6.87. The number of amides is 2. The molecule has 0 spiro atoms. The Morgan fingerprint density at radius 1 is 1.43 bits per heavy atom. The lowest BCUT2D eigenvalue weighted by Crippen LogP contribution is -2.37. The lowest BCUT2D eigenvalue weighted by Gasteiger charge is -2.18. The Bertz CT molecular complexity index is 508. The van der Waals surface area contributed by atoms with Crippen molar-refractivity contribution in [2.75, 3.05) is 27.0 Å². The second-order valence-corrected chi connectivity index (χ2v) is 5.27. The number of aliphatic carboxylic acids is 1. The molecule has 0 saturated heterocycles. The molecule has 21 heavy (non-hydrogen) atoms. The molecule has 116 valence electrons. The van der Waals surface area contributed by atoms with Gasteiger partial charge in [0.05, 0.1) is 13.5 Å². The Labute approximate surface area is 128 Å². The molecule has 1 aromatic carbocycles. The van der Waals surface area contributed by atoms with E-state index < -0.39 is 5.97 Å². The molecule has 0 unspecified atom stereocenters. The van der Waals surface area contributed by atoms with Crippen molar-refractivity contribution < 1.29 is 19.4 Å². The van der Waals surface area contributed by atoms with Gasteiger partial charge in [0, 0.05) is 25.0 Å². The number of hydrogen-bond donors (Lipinski definition) is 2. The van der Waals surface area contributed by atoms with Gasteiger partial charge in [0.15, 0.2) is 0 Å². The average molecular weight is 312 g/mol. The number of methoxy groups -OCH3 is 1. The molecule has 0 fully saturated rings. The molecule has 1 rings (SSSR count). The summed E-state index contributed by atoms with van der Waals surface area (Å²) in [4.78, 5) is 24.7. The van der Waals surface area contributed by atoms with Crippen LogP contribution >= 0.6 is 11.8 Å². The number of thioether (sulfide) groups is 1. The van der Waals surface area contributed by atoms with Crippen molar-refractivity contribution in [2.45, 2.75) is 17.9 Å². The first kappa shape index (κ1) is 17.2. The van der Waals surface area contributed by atoms with E-state index in [0.717, 1.165) is 16.2 Å². The molecule has 2 amide bonds. The molecule has 0 saturated carbocycles. The van der Waals surface area contributed by atoms with Crippen molar-refractivity contribution >= 4 is 23.8 Å². The van der Waals surface area contributed by atoms with Crippen molar-refractivity contribution in [3.8, 4) is 5.75 Å². The van der Waals surface area contributed by atoms with E-state index in [0.29, 0.717) is 6.54 Å². The van der Waals surface area contributed by atoms with Gasteiger partial charge >= 0.3 is 12.0 Å². The predicted molar refractivity (Wildman–Crippen MR) is 81.9 cm³/mol. The second kappa shape index (κ2) is 8.41. The van der Waals surface area contributed by atoms with Crippen molar-refractivity contribution in [3.63, 3.8) is 0 Å². The maximum atomic E-state index is 11.8. The molecule has 0 aliphatic carbocycles. The summed E-state index contributed by atoms with van der Waals surface area (Å²) in [7, 11) is 3.27. The molecular formula is C14H20N2O4S. The third-order valence-electron chi connectivity index (χ3n) is 2.83. The number of carboxylic acid groups (broad SMARTS) is 1. The number of carboxylic acids is 1. The number of urea groups is 1. The van der Waals surface area contributed by atoms with Gasteiger partial charge in [-0.1, -0.05) is 6.07 Å². The van der Waals surface area contributed by atoms with E-state index in [1.807, 2.05) is 24.5 Å². The fourth-order valence-electron chi connectivity index (χ4n) is 1.74. The molecule has 6 nitrogen and oxygen atoms in total. The number of ether oxygens (including phenoxy) is 1. The van der Waals surface area contributed by atoms with Crippen LogP contribution < -0.4 is 10.1 Å². The Hall–Kier alpha value is -1.89. The summed E-state index contributed by atoms with van der Waals surface area (Å²) in [6.45, 7) is 0.539. The van der Waals surface area contributed by atoms with Crippen molar-refractivity contribution in [2.24, 2.45) is 0 Å². The zero-order valence-corrected chi connectivity index (χ0v) is 13.2. The molecule has 0 aromatic heterocycles. The SMILES string of the molecule is COc1cc(CN(C)C(=O)NCCC(=O)O)ccc1SC. The van der Waals surface area contributed by atoms with Gasteiger partial charge in [-0.3, -0.25) is 4.79 Å². The van der Waals surface area contributed by atoms with Gasteiger partial charge in [-0.25, -0.2) is 4.79 Å². The zero-order chi connectivity index (χ0) is 15.8. The summed E-state index contributed by atoms with van der Waals surface area (Å²) >= 11 is 1.59. The van der Waals surface area contributed by atoms with Crippen LogP contribution in [0.4, 0.5) is 4.79 Å². The summed E-state index contributed by atoms with van der Waals surface area (Å²) < 4.78 is 5.31. The summed E-state index contributed by atoms with van der Waals surface area (Å²) in [6.07, 6.45) is 1.88. The van der Waals surface area contributed by atoms with Crippen LogP contribution in [0.25, 0.3) is 0 Å². The van der Waals surface area contributed by atoms with Gasteiger partial charge in [0.2, 0.25) is 0 Å². The molecule has 0 aliphatic heterocycles. The minimum Gasteiger partial charge on any atom is -0.496 e. The smallest absolute Gasteiger partial charge is 0.317 e. The maximum Gasteiger partial charge on any atom is 0.317 e. The van der Waals surface area contributed by atoms with Crippen LogP contribution in [0.5, 0.6) is 5.75 Å². The number of nitrogens with one attached hydrogen (secondary N) is 1. The first-order chi connectivity index (χ1) is 9.97. The largest absolute Gasteiger partial charge is 0.496 e. The Morgan fingerprint density at radius 2 is 2.14 bits per heavy atom. The molecule has 1 aromatic rings. The third kappa shape index (κ3) is 5.55. The summed E-state index contributed by atoms with van der Waals surface area (Å²) in [6, 6.07) is 5.49. The second-order valence-electron chi connectivity index (χ2n) is 4.42. The van der Waals surface area contributed by atoms with Crippen LogP contribution in [0.2, 0.25) is 0 Å². The fourth-order valence-corrected chi connectivity index (χ4v) is 2.28. The number of nitrogens with zero attached hydrogens (tertiary/aromatic N) is 1. The highest BCUT2D eigenvalue weighted by Gasteiger charge is 2.11. The van der Waals surface area contributed by atoms with E-state index in [2.05, 4.69) is 5.32 Å². The molecule has 0 bridgehead atoms. The van der Waals surface area contributed by atoms with Gasteiger partial charge in [-0.15, -0.1) is 11.8 Å². The van der Waals surface area contributed by atoms with Gasteiger partial charge in [0.25, 0.3) is 0 Å². The van der Waals surface area contributed by atoms with Crippen molar-refractivity contribution in [1.29, 1.82) is 0 Å². The fraction of sp³-hybridized carbons (Fsp3) is 0.429. The monoisotopic (exact) mass is 312 g/mol. The van der Waals surface area contributed by atoms with Gasteiger partial charge < -0.3 is 20.1 Å². The van der Waals surface area contributed by atoms with Crippen LogP contribution in [0.1, 0.15) is 12.0 Å².